The number of anilines is 1. The van der Waals surface area contributed by atoms with Gasteiger partial charge < -0.3 is 15.0 Å². The van der Waals surface area contributed by atoms with E-state index in [0.29, 0.717) is 24.8 Å². The molecule has 0 radical (unpaired) electrons. The van der Waals surface area contributed by atoms with Crippen LogP contribution in [0.15, 0.2) is 5.38 Å². The van der Waals surface area contributed by atoms with Gasteiger partial charge >= 0.3 is 6.18 Å². The largest absolute Gasteiger partial charge is 0.406 e. The maximum atomic E-state index is 12.6. The van der Waals surface area contributed by atoms with E-state index in [9.17, 15) is 13.2 Å². The molecule has 0 saturated heterocycles. The average Bonchev–Trinajstić information content (AvgIpc) is 3.10. The van der Waals surface area contributed by atoms with Crippen molar-refractivity contribution in [1.29, 1.82) is 0 Å². The second kappa shape index (κ2) is 6.73. The zero-order valence-electron chi connectivity index (χ0n) is 11.2. The molecule has 4 nitrogen and oxygen atoms in total. The number of ether oxygens (including phenoxy) is 1. The van der Waals surface area contributed by atoms with Crippen LogP contribution in [0.25, 0.3) is 0 Å². The van der Waals surface area contributed by atoms with Gasteiger partial charge in [0.1, 0.15) is 6.54 Å². The number of thiazole rings is 1. The van der Waals surface area contributed by atoms with Crippen molar-refractivity contribution < 1.29 is 17.9 Å². The minimum atomic E-state index is -4.19. The summed E-state index contributed by atoms with van der Waals surface area (Å²) in [5.41, 5.74) is 0.772. The van der Waals surface area contributed by atoms with Crippen molar-refractivity contribution in [3.05, 3.63) is 11.1 Å². The minimum absolute atomic E-state index is 0.00271. The molecule has 0 aliphatic heterocycles. The van der Waals surface area contributed by atoms with Crippen LogP contribution in [0, 0.1) is 0 Å². The molecule has 1 N–H and O–H groups in total. The van der Waals surface area contributed by atoms with Gasteiger partial charge in [0, 0.05) is 31.6 Å². The molecule has 0 aromatic carbocycles. The molecular weight excluding hydrogens is 291 g/mol. The molecule has 0 amide bonds. The predicted molar refractivity (Wildman–Crippen MR) is 72.1 cm³/mol. The SMILES string of the molecule is COCCNCc1csc(N(CC(F)(F)F)C2CC2)n1. The summed E-state index contributed by atoms with van der Waals surface area (Å²) in [6.07, 6.45) is -2.56. The van der Waals surface area contributed by atoms with Crippen LogP contribution in [0.4, 0.5) is 18.3 Å². The molecule has 0 bridgehead atoms. The fourth-order valence-corrected chi connectivity index (χ4v) is 2.73. The third kappa shape index (κ3) is 4.92. The Morgan fingerprint density at radius 2 is 2.25 bits per heavy atom. The Morgan fingerprint density at radius 3 is 2.85 bits per heavy atom. The molecule has 1 heterocycles. The maximum absolute atomic E-state index is 12.6. The number of halogens is 3. The monoisotopic (exact) mass is 309 g/mol. The first-order chi connectivity index (χ1) is 9.49. The second-order valence-corrected chi connectivity index (χ2v) is 5.60. The van der Waals surface area contributed by atoms with Crippen LogP contribution in [0.1, 0.15) is 18.5 Å². The summed E-state index contributed by atoms with van der Waals surface area (Å²) in [4.78, 5) is 5.67. The van der Waals surface area contributed by atoms with Gasteiger partial charge in [0.25, 0.3) is 0 Å². The molecule has 1 fully saturated rings. The molecule has 2 rings (SSSR count). The van der Waals surface area contributed by atoms with E-state index < -0.39 is 12.7 Å². The number of hydrogen-bond acceptors (Lipinski definition) is 5. The molecule has 1 saturated carbocycles. The van der Waals surface area contributed by atoms with Crippen LogP contribution in [0.5, 0.6) is 0 Å². The predicted octanol–water partition coefficient (Wildman–Crippen LogP) is 2.41. The highest BCUT2D eigenvalue weighted by Crippen LogP contribution is 2.35. The summed E-state index contributed by atoms with van der Waals surface area (Å²) in [6, 6.07) is -0.00271. The third-order valence-electron chi connectivity index (χ3n) is 2.91. The van der Waals surface area contributed by atoms with E-state index in [2.05, 4.69) is 10.3 Å². The zero-order valence-corrected chi connectivity index (χ0v) is 12.1. The van der Waals surface area contributed by atoms with Crippen molar-refractivity contribution >= 4 is 16.5 Å². The van der Waals surface area contributed by atoms with Crippen LogP contribution in [-0.2, 0) is 11.3 Å². The smallest absolute Gasteiger partial charge is 0.383 e. The summed E-state index contributed by atoms with van der Waals surface area (Å²) >= 11 is 1.27. The highest BCUT2D eigenvalue weighted by Gasteiger charge is 2.39. The van der Waals surface area contributed by atoms with Crippen molar-refractivity contribution in [3.8, 4) is 0 Å². The van der Waals surface area contributed by atoms with Gasteiger partial charge in [0.2, 0.25) is 0 Å². The number of hydrogen-bond donors (Lipinski definition) is 1. The number of aromatic nitrogens is 1. The number of methoxy groups -OCH3 is 1. The van der Waals surface area contributed by atoms with E-state index in [1.165, 1.54) is 16.2 Å². The minimum Gasteiger partial charge on any atom is -0.383 e. The van der Waals surface area contributed by atoms with Gasteiger partial charge in [-0.15, -0.1) is 11.3 Å². The van der Waals surface area contributed by atoms with Crippen LogP contribution in [-0.4, -0.2) is 44.0 Å². The highest BCUT2D eigenvalue weighted by molar-refractivity contribution is 7.13. The van der Waals surface area contributed by atoms with Gasteiger partial charge in [-0.3, -0.25) is 0 Å². The van der Waals surface area contributed by atoms with Gasteiger partial charge in [-0.2, -0.15) is 13.2 Å². The molecule has 20 heavy (non-hydrogen) atoms. The van der Waals surface area contributed by atoms with Crippen molar-refractivity contribution in [3.63, 3.8) is 0 Å². The van der Waals surface area contributed by atoms with E-state index in [1.54, 1.807) is 12.5 Å². The molecule has 0 spiro atoms. The van der Waals surface area contributed by atoms with Crippen molar-refractivity contribution in [2.45, 2.75) is 31.6 Å². The lowest BCUT2D eigenvalue weighted by molar-refractivity contribution is -0.120. The number of rotatable bonds is 8. The topological polar surface area (TPSA) is 37.4 Å². The van der Waals surface area contributed by atoms with E-state index in [4.69, 9.17) is 4.74 Å². The number of nitrogens with one attached hydrogen (secondary N) is 1. The van der Waals surface area contributed by atoms with Gasteiger partial charge in [0.05, 0.1) is 12.3 Å². The Balaban J connectivity index is 1.91. The van der Waals surface area contributed by atoms with E-state index in [0.717, 1.165) is 18.5 Å². The van der Waals surface area contributed by atoms with Crippen LogP contribution in [0.2, 0.25) is 0 Å². The molecule has 1 aromatic rings. The Labute approximate surface area is 119 Å². The van der Waals surface area contributed by atoms with E-state index in [1.807, 2.05) is 0 Å². The summed E-state index contributed by atoms with van der Waals surface area (Å²) in [6.45, 7) is 0.920. The van der Waals surface area contributed by atoms with Crippen molar-refractivity contribution in [2.24, 2.45) is 0 Å². The molecule has 1 aliphatic carbocycles. The number of nitrogens with zero attached hydrogens (tertiary/aromatic N) is 2. The first-order valence-electron chi connectivity index (χ1n) is 6.47. The molecule has 1 aliphatic rings. The summed E-state index contributed by atoms with van der Waals surface area (Å²) < 4.78 is 42.7. The Hall–Kier alpha value is -0.860. The average molecular weight is 309 g/mol. The van der Waals surface area contributed by atoms with Gasteiger partial charge in [-0.1, -0.05) is 0 Å². The first-order valence-corrected chi connectivity index (χ1v) is 7.35. The molecule has 0 unspecified atom stereocenters. The highest BCUT2D eigenvalue weighted by atomic mass is 32.1. The molecule has 114 valence electrons. The molecule has 8 heteroatoms. The van der Waals surface area contributed by atoms with E-state index >= 15 is 0 Å². The van der Waals surface area contributed by atoms with E-state index in [-0.39, 0.29) is 6.04 Å². The summed E-state index contributed by atoms with van der Waals surface area (Å²) in [7, 11) is 1.62. The fraction of sp³-hybridized carbons (Fsp3) is 0.750. The lowest BCUT2D eigenvalue weighted by atomic mass is 10.4. The lowest BCUT2D eigenvalue weighted by Gasteiger charge is -2.22. The Kier molecular flexibility index (Phi) is 5.22. The van der Waals surface area contributed by atoms with Crippen LogP contribution >= 0.6 is 11.3 Å². The van der Waals surface area contributed by atoms with Crippen molar-refractivity contribution in [1.82, 2.24) is 10.3 Å². The van der Waals surface area contributed by atoms with Gasteiger partial charge in [0.15, 0.2) is 5.13 Å². The zero-order chi connectivity index (χ0) is 14.6. The molecule has 0 atom stereocenters. The maximum Gasteiger partial charge on any atom is 0.406 e. The summed E-state index contributed by atoms with van der Waals surface area (Å²) in [5.74, 6) is 0. The second-order valence-electron chi connectivity index (χ2n) is 4.77. The molecule has 1 aromatic heterocycles. The number of alkyl halides is 3. The lowest BCUT2D eigenvalue weighted by Crippen LogP contribution is -2.36. The quantitative estimate of drug-likeness (QED) is 0.748. The van der Waals surface area contributed by atoms with Gasteiger partial charge in [-0.05, 0) is 12.8 Å². The Bertz CT molecular complexity index is 420. The van der Waals surface area contributed by atoms with Gasteiger partial charge in [-0.25, -0.2) is 4.98 Å². The standard InChI is InChI=1S/C12H18F3N3OS/c1-19-5-4-16-6-9-7-20-11(17-9)18(10-2-3-10)8-12(13,14)15/h7,10,16H,2-6,8H2,1H3. The normalized spacial score (nSPS) is 15.6. The van der Waals surface area contributed by atoms with Crippen LogP contribution in [0.3, 0.4) is 0 Å². The summed E-state index contributed by atoms with van der Waals surface area (Å²) in [5, 5.41) is 5.40. The van der Waals surface area contributed by atoms with Crippen LogP contribution < -0.4 is 10.2 Å². The molecular formula is C12H18F3N3OS. The van der Waals surface area contributed by atoms with Crippen molar-refractivity contribution in [2.75, 3.05) is 31.7 Å². The fourth-order valence-electron chi connectivity index (χ4n) is 1.83. The first kappa shape index (κ1) is 15.5. The Morgan fingerprint density at radius 1 is 1.50 bits per heavy atom. The third-order valence-corrected chi connectivity index (χ3v) is 3.84.